The molecule has 1 aromatic carbocycles. The van der Waals surface area contributed by atoms with Crippen LogP contribution in [0, 0.1) is 6.92 Å². The number of rotatable bonds is 3. The smallest absolute Gasteiger partial charge is 0.175 e. The average Bonchev–Trinajstić information content (AvgIpc) is 2.74. The molecule has 0 saturated heterocycles. The van der Waals surface area contributed by atoms with Crippen LogP contribution in [0.15, 0.2) is 41.3 Å². The van der Waals surface area contributed by atoms with E-state index in [0.717, 1.165) is 10.4 Å². The number of sulfone groups is 1. The molecular formula is C13H15NO2S2. The highest BCUT2D eigenvalue weighted by Crippen LogP contribution is 2.26. The lowest BCUT2D eigenvalue weighted by Crippen LogP contribution is -2.10. The normalized spacial score (nSPS) is 13.5. The first-order valence-electron chi connectivity index (χ1n) is 5.50. The Kier molecular flexibility index (Phi) is 3.56. The third-order valence-corrected chi connectivity index (χ3v) is 4.95. The van der Waals surface area contributed by atoms with Crippen molar-refractivity contribution in [3.05, 3.63) is 51.7 Å². The van der Waals surface area contributed by atoms with Crippen LogP contribution in [0.25, 0.3) is 0 Å². The maximum Gasteiger partial charge on any atom is 0.175 e. The third kappa shape index (κ3) is 2.80. The zero-order valence-electron chi connectivity index (χ0n) is 10.3. The molecule has 1 heterocycles. The van der Waals surface area contributed by atoms with E-state index in [1.54, 1.807) is 35.6 Å². The van der Waals surface area contributed by atoms with Gasteiger partial charge in [-0.25, -0.2) is 8.42 Å². The van der Waals surface area contributed by atoms with E-state index in [1.807, 2.05) is 19.1 Å². The minimum Gasteiger partial charge on any atom is -0.320 e. The molecule has 0 fully saturated rings. The maximum atomic E-state index is 11.4. The topological polar surface area (TPSA) is 60.2 Å². The van der Waals surface area contributed by atoms with Gasteiger partial charge in [0.15, 0.2) is 9.84 Å². The van der Waals surface area contributed by atoms with Crippen LogP contribution in [0.4, 0.5) is 0 Å². The number of benzene rings is 1. The predicted octanol–water partition coefficient (Wildman–Crippen LogP) is 2.51. The standard InChI is InChI=1S/C13H15NO2S2/c1-9-3-8-12(17-9)13(14)10-4-6-11(7-5-10)18(2,15)16/h3-8,13H,14H2,1-2H3. The molecule has 2 rings (SSSR count). The molecule has 0 spiro atoms. The van der Waals surface area contributed by atoms with Gasteiger partial charge in [-0.1, -0.05) is 12.1 Å². The summed E-state index contributed by atoms with van der Waals surface area (Å²) >= 11 is 1.66. The first-order chi connectivity index (χ1) is 8.38. The van der Waals surface area contributed by atoms with E-state index in [4.69, 9.17) is 5.73 Å². The van der Waals surface area contributed by atoms with E-state index >= 15 is 0 Å². The van der Waals surface area contributed by atoms with E-state index in [-0.39, 0.29) is 6.04 Å². The lowest BCUT2D eigenvalue weighted by Gasteiger charge is -2.10. The van der Waals surface area contributed by atoms with E-state index in [9.17, 15) is 8.42 Å². The molecule has 2 aromatic rings. The van der Waals surface area contributed by atoms with Crippen molar-refractivity contribution in [2.24, 2.45) is 5.73 Å². The van der Waals surface area contributed by atoms with Crippen LogP contribution in [-0.2, 0) is 9.84 Å². The molecule has 0 bridgehead atoms. The monoisotopic (exact) mass is 281 g/mol. The summed E-state index contributed by atoms with van der Waals surface area (Å²) in [4.78, 5) is 2.62. The lowest BCUT2D eigenvalue weighted by atomic mass is 10.1. The highest BCUT2D eigenvalue weighted by atomic mass is 32.2. The summed E-state index contributed by atoms with van der Waals surface area (Å²) in [6.07, 6.45) is 1.20. The van der Waals surface area contributed by atoms with Crippen molar-refractivity contribution in [3.8, 4) is 0 Å². The molecular weight excluding hydrogens is 266 g/mol. The highest BCUT2D eigenvalue weighted by Gasteiger charge is 2.12. The predicted molar refractivity (Wildman–Crippen MR) is 74.6 cm³/mol. The van der Waals surface area contributed by atoms with Crippen LogP contribution in [0.3, 0.4) is 0 Å². The molecule has 1 aromatic heterocycles. The molecule has 5 heteroatoms. The van der Waals surface area contributed by atoms with Crippen molar-refractivity contribution < 1.29 is 8.42 Å². The lowest BCUT2D eigenvalue weighted by molar-refractivity contribution is 0.602. The molecule has 0 amide bonds. The Morgan fingerprint density at radius 1 is 1.11 bits per heavy atom. The van der Waals surface area contributed by atoms with Crippen molar-refractivity contribution in [3.63, 3.8) is 0 Å². The summed E-state index contributed by atoms with van der Waals surface area (Å²) in [5, 5.41) is 0. The quantitative estimate of drug-likeness (QED) is 0.940. The van der Waals surface area contributed by atoms with Gasteiger partial charge in [0, 0.05) is 16.0 Å². The Labute approximate surface area is 111 Å². The van der Waals surface area contributed by atoms with Crippen LogP contribution >= 0.6 is 11.3 Å². The first-order valence-corrected chi connectivity index (χ1v) is 8.20. The van der Waals surface area contributed by atoms with Gasteiger partial charge in [0.1, 0.15) is 0 Å². The molecule has 18 heavy (non-hydrogen) atoms. The number of thiophene rings is 1. The van der Waals surface area contributed by atoms with Crippen LogP contribution in [-0.4, -0.2) is 14.7 Å². The number of hydrogen-bond acceptors (Lipinski definition) is 4. The van der Waals surface area contributed by atoms with Gasteiger partial charge in [-0.15, -0.1) is 11.3 Å². The van der Waals surface area contributed by atoms with Gasteiger partial charge in [0.25, 0.3) is 0 Å². The van der Waals surface area contributed by atoms with E-state index in [2.05, 4.69) is 0 Å². The van der Waals surface area contributed by atoms with Crippen LogP contribution in [0.5, 0.6) is 0 Å². The van der Waals surface area contributed by atoms with E-state index < -0.39 is 9.84 Å². The molecule has 0 aliphatic rings. The van der Waals surface area contributed by atoms with Crippen molar-refractivity contribution in [1.82, 2.24) is 0 Å². The Morgan fingerprint density at radius 2 is 1.72 bits per heavy atom. The summed E-state index contributed by atoms with van der Waals surface area (Å²) in [5.41, 5.74) is 7.07. The minimum absolute atomic E-state index is 0.197. The number of hydrogen-bond donors (Lipinski definition) is 1. The summed E-state index contributed by atoms with van der Waals surface area (Å²) in [6, 6.07) is 10.6. The second-order valence-electron chi connectivity index (χ2n) is 4.27. The highest BCUT2D eigenvalue weighted by molar-refractivity contribution is 7.90. The Hall–Kier alpha value is -1.17. The first kappa shape index (κ1) is 13.3. The molecule has 0 radical (unpaired) electrons. The molecule has 1 unspecified atom stereocenters. The molecule has 0 saturated carbocycles. The van der Waals surface area contributed by atoms with Gasteiger partial charge < -0.3 is 5.73 Å². The SMILES string of the molecule is Cc1ccc(C(N)c2ccc(S(C)(=O)=O)cc2)s1. The Balaban J connectivity index is 2.30. The second kappa shape index (κ2) is 4.84. The van der Waals surface area contributed by atoms with Gasteiger partial charge in [-0.3, -0.25) is 0 Å². The number of aryl methyl sites for hydroxylation is 1. The zero-order valence-corrected chi connectivity index (χ0v) is 11.9. The second-order valence-corrected chi connectivity index (χ2v) is 7.60. The molecule has 96 valence electrons. The Morgan fingerprint density at radius 3 is 2.17 bits per heavy atom. The van der Waals surface area contributed by atoms with Gasteiger partial charge in [0.05, 0.1) is 10.9 Å². The third-order valence-electron chi connectivity index (χ3n) is 2.74. The zero-order chi connectivity index (χ0) is 13.3. The molecule has 3 nitrogen and oxygen atoms in total. The average molecular weight is 281 g/mol. The van der Waals surface area contributed by atoms with Gasteiger partial charge in [-0.05, 0) is 36.8 Å². The summed E-state index contributed by atoms with van der Waals surface area (Å²) in [6.45, 7) is 2.04. The van der Waals surface area contributed by atoms with Crippen LogP contribution < -0.4 is 5.73 Å². The molecule has 1 atom stereocenters. The van der Waals surface area contributed by atoms with E-state index in [0.29, 0.717) is 4.90 Å². The largest absolute Gasteiger partial charge is 0.320 e. The van der Waals surface area contributed by atoms with Gasteiger partial charge in [0.2, 0.25) is 0 Å². The fourth-order valence-corrected chi connectivity index (χ4v) is 3.24. The van der Waals surface area contributed by atoms with Crippen LogP contribution in [0.2, 0.25) is 0 Å². The summed E-state index contributed by atoms with van der Waals surface area (Å²) in [5.74, 6) is 0. The fraction of sp³-hybridized carbons (Fsp3) is 0.231. The van der Waals surface area contributed by atoms with Crippen LogP contribution in [0.1, 0.15) is 21.4 Å². The van der Waals surface area contributed by atoms with Gasteiger partial charge in [-0.2, -0.15) is 0 Å². The molecule has 2 N–H and O–H groups in total. The summed E-state index contributed by atoms with van der Waals surface area (Å²) in [7, 11) is -3.14. The van der Waals surface area contributed by atoms with Crippen molar-refractivity contribution in [2.75, 3.05) is 6.26 Å². The van der Waals surface area contributed by atoms with Crippen molar-refractivity contribution >= 4 is 21.2 Å². The maximum absolute atomic E-state index is 11.4. The summed E-state index contributed by atoms with van der Waals surface area (Å²) < 4.78 is 22.7. The van der Waals surface area contributed by atoms with Crippen molar-refractivity contribution in [1.29, 1.82) is 0 Å². The minimum atomic E-state index is -3.14. The number of nitrogens with two attached hydrogens (primary N) is 1. The van der Waals surface area contributed by atoms with Gasteiger partial charge >= 0.3 is 0 Å². The molecule has 0 aliphatic carbocycles. The van der Waals surface area contributed by atoms with Crippen molar-refractivity contribution in [2.45, 2.75) is 17.9 Å². The fourth-order valence-electron chi connectivity index (χ4n) is 1.71. The van der Waals surface area contributed by atoms with E-state index in [1.165, 1.54) is 11.1 Å². The Bertz CT molecular complexity index is 642. The molecule has 0 aliphatic heterocycles.